The van der Waals surface area contributed by atoms with Crippen LogP contribution >= 0.6 is 23.4 Å². The predicted molar refractivity (Wildman–Crippen MR) is 130 cm³/mol. The molecule has 4 aromatic rings. The number of carbonyl (C=O) groups excluding carboxylic acids is 2. The molecule has 12 heteroatoms. The molecule has 0 bridgehead atoms. The molecule has 2 aromatic heterocycles. The van der Waals surface area contributed by atoms with Crippen LogP contribution in [-0.4, -0.2) is 35.4 Å². The van der Waals surface area contributed by atoms with Gasteiger partial charge < -0.3 is 4.57 Å². The molecule has 0 aliphatic carbocycles. The van der Waals surface area contributed by atoms with E-state index in [2.05, 4.69) is 10.1 Å². The normalized spacial score (nSPS) is 15.6. The lowest BCUT2D eigenvalue weighted by Crippen LogP contribution is -2.27. The van der Waals surface area contributed by atoms with Crippen LogP contribution in [0.1, 0.15) is 22.4 Å². The summed E-state index contributed by atoms with van der Waals surface area (Å²) in [6, 6.07) is 8.86. The molecule has 1 aliphatic rings. The maximum absolute atomic E-state index is 13.5. The van der Waals surface area contributed by atoms with Crippen molar-refractivity contribution in [2.45, 2.75) is 19.3 Å². The van der Waals surface area contributed by atoms with Crippen molar-refractivity contribution in [3.8, 4) is 0 Å². The van der Waals surface area contributed by atoms with Gasteiger partial charge >= 0.3 is 6.18 Å². The summed E-state index contributed by atoms with van der Waals surface area (Å²) in [7, 11) is 1.80. The largest absolute Gasteiger partial charge is 0.416 e. The third-order valence-corrected chi connectivity index (χ3v) is 6.76. The Balaban J connectivity index is 1.39. The number of aryl methyl sites for hydroxylation is 1. The minimum atomic E-state index is -4.55. The van der Waals surface area contributed by atoms with Crippen molar-refractivity contribution >= 4 is 51.5 Å². The quantitative estimate of drug-likeness (QED) is 0.308. The van der Waals surface area contributed by atoms with E-state index in [-0.39, 0.29) is 33.8 Å². The summed E-state index contributed by atoms with van der Waals surface area (Å²) in [5.41, 5.74) is 1.12. The van der Waals surface area contributed by atoms with E-state index in [0.29, 0.717) is 22.2 Å². The van der Waals surface area contributed by atoms with Crippen LogP contribution in [0, 0.1) is 0 Å². The molecule has 0 atom stereocenters. The van der Waals surface area contributed by atoms with Gasteiger partial charge in [0.1, 0.15) is 0 Å². The third-order valence-electron chi connectivity index (χ3n) is 5.61. The number of alkyl halides is 3. The number of nitrogens with zero attached hydrogens (tertiary/aromatic N) is 5. The highest BCUT2D eigenvalue weighted by molar-refractivity contribution is 8.18. The Morgan fingerprint density at radius 3 is 2.64 bits per heavy atom. The number of halogens is 4. The number of imidazole rings is 1. The molecule has 1 aliphatic heterocycles. The summed E-state index contributed by atoms with van der Waals surface area (Å²) in [5, 5.41) is 4.55. The van der Waals surface area contributed by atoms with Gasteiger partial charge in [0.2, 0.25) is 0 Å². The lowest BCUT2D eigenvalue weighted by molar-refractivity contribution is -0.138. The highest BCUT2D eigenvalue weighted by atomic mass is 35.5. The van der Waals surface area contributed by atoms with Crippen LogP contribution in [0.15, 0.2) is 60.0 Å². The number of thioether (sulfide) groups is 1. The van der Waals surface area contributed by atoms with Gasteiger partial charge in [0.05, 0.1) is 47.3 Å². The van der Waals surface area contributed by atoms with Crippen LogP contribution in [0.25, 0.3) is 17.0 Å². The average Bonchev–Trinajstić information content (AvgIpc) is 3.48. The Morgan fingerprint density at radius 2 is 1.92 bits per heavy atom. The van der Waals surface area contributed by atoms with Crippen LogP contribution in [0.4, 0.5) is 18.0 Å². The number of hydrogen-bond donors (Lipinski definition) is 0. The molecule has 0 unspecified atom stereocenters. The Bertz CT molecular complexity index is 1540. The van der Waals surface area contributed by atoms with E-state index in [4.69, 9.17) is 11.6 Å². The molecule has 0 radical (unpaired) electrons. The molecule has 2 amide bonds. The smallest absolute Gasteiger partial charge is 0.340 e. The fourth-order valence-electron chi connectivity index (χ4n) is 3.93. The van der Waals surface area contributed by atoms with Crippen LogP contribution < -0.4 is 0 Å². The van der Waals surface area contributed by atoms with Crippen molar-refractivity contribution in [3.63, 3.8) is 0 Å². The second-order valence-electron chi connectivity index (χ2n) is 8.22. The molecule has 2 aromatic carbocycles. The molecule has 3 heterocycles. The SMILES string of the molecule is Cn1cnc(CN2C(=O)S/C(=C\c3ccc4c(cnn4Cc4ccc(Cl)cc4C(F)(F)F)c3)C2=O)c1. The van der Waals surface area contributed by atoms with E-state index >= 15 is 0 Å². The van der Waals surface area contributed by atoms with Crippen LogP contribution in [0.2, 0.25) is 5.02 Å². The van der Waals surface area contributed by atoms with Gasteiger partial charge in [-0.2, -0.15) is 18.3 Å². The van der Waals surface area contributed by atoms with Crippen molar-refractivity contribution in [2.75, 3.05) is 0 Å². The van der Waals surface area contributed by atoms with Gasteiger partial charge in [0, 0.05) is 23.7 Å². The predicted octanol–water partition coefficient (Wildman–Crippen LogP) is 5.73. The average molecular weight is 532 g/mol. The summed E-state index contributed by atoms with van der Waals surface area (Å²) >= 11 is 6.62. The van der Waals surface area contributed by atoms with Crippen molar-refractivity contribution in [3.05, 3.63) is 87.4 Å². The zero-order valence-corrected chi connectivity index (χ0v) is 20.2. The molecular weight excluding hydrogens is 515 g/mol. The maximum atomic E-state index is 13.5. The summed E-state index contributed by atoms with van der Waals surface area (Å²) in [5.74, 6) is -0.408. The van der Waals surface area contributed by atoms with Crippen molar-refractivity contribution in [1.82, 2.24) is 24.2 Å². The van der Waals surface area contributed by atoms with E-state index in [9.17, 15) is 22.8 Å². The maximum Gasteiger partial charge on any atom is 0.416 e. The standard InChI is InChI=1S/C24H17ClF3N5O2S/c1-31-11-18(29-13-31)12-32-22(34)21(36-23(32)35)7-14-2-5-20-16(6-14)9-30-33(20)10-15-3-4-17(25)8-19(15)24(26,27)28/h2-9,11,13H,10,12H2,1H3/b21-7-. The number of rotatable bonds is 5. The minimum Gasteiger partial charge on any atom is -0.340 e. The van der Waals surface area contributed by atoms with E-state index < -0.39 is 17.6 Å². The Hall–Kier alpha value is -3.57. The number of imide groups is 1. The molecule has 36 heavy (non-hydrogen) atoms. The lowest BCUT2D eigenvalue weighted by atomic mass is 10.1. The summed E-state index contributed by atoms with van der Waals surface area (Å²) in [6.45, 7) is -0.0134. The zero-order valence-electron chi connectivity index (χ0n) is 18.7. The third kappa shape index (κ3) is 4.76. The van der Waals surface area contributed by atoms with Gasteiger partial charge in [0.15, 0.2) is 0 Å². The fraction of sp³-hybridized carbons (Fsp3) is 0.167. The molecule has 0 saturated carbocycles. The topological polar surface area (TPSA) is 73.0 Å². The lowest BCUT2D eigenvalue weighted by Gasteiger charge is -2.14. The summed E-state index contributed by atoms with van der Waals surface area (Å²) < 4.78 is 43.6. The molecule has 0 spiro atoms. The molecule has 184 valence electrons. The molecule has 1 saturated heterocycles. The Morgan fingerprint density at radius 1 is 1.11 bits per heavy atom. The number of aromatic nitrogens is 4. The van der Waals surface area contributed by atoms with Crippen molar-refractivity contribution in [1.29, 1.82) is 0 Å². The molecule has 7 nitrogen and oxygen atoms in total. The van der Waals surface area contributed by atoms with Gasteiger partial charge in [-0.15, -0.1) is 0 Å². The highest BCUT2D eigenvalue weighted by Crippen LogP contribution is 2.35. The molecule has 5 rings (SSSR count). The first kappa shape index (κ1) is 24.1. The van der Waals surface area contributed by atoms with Crippen molar-refractivity contribution < 1.29 is 22.8 Å². The monoisotopic (exact) mass is 531 g/mol. The Kier molecular flexibility index (Phi) is 6.13. The number of fused-ring (bicyclic) bond motifs is 1. The van der Waals surface area contributed by atoms with Gasteiger partial charge in [-0.25, -0.2) is 4.98 Å². The summed E-state index contributed by atoms with van der Waals surface area (Å²) in [4.78, 5) is 30.8. The van der Waals surface area contributed by atoms with Crippen LogP contribution in [0.3, 0.4) is 0 Å². The van der Waals surface area contributed by atoms with Crippen molar-refractivity contribution in [2.24, 2.45) is 7.05 Å². The van der Waals surface area contributed by atoms with Gasteiger partial charge in [0.25, 0.3) is 11.1 Å². The first-order valence-electron chi connectivity index (χ1n) is 10.6. The van der Waals surface area contributed by atoms with E-state index in [1.54, 1.807) is 54.6 Å². The van der Waals surface area contributed by atoms with Gasteiger partial charge in [-0.3, -0.25) is 19.2 Å². The minimum absolute atomic E-state index is 0.00508. The first-order valence-corrected chi connectivity index (χ1v) is 11.8. The first-order chi connectivity index (χ1) is 17.1. The van der Waals surface area contributed by atoms with Crippen LogP contribution in [0.5, 0.6) is 0 Å². The zero-order chi connectivity index (χ0) is 25.6. The molecular formula is C24H17ClF3N5O2S. The number of benzene rings is 2. The van der Waals surface area contributed by atoms with Gasteiger partial charge in [-0.1, -0.05) is 23.7 Å². The number of amides is 2. The van der Waals surface area contributed by atoms with Crippen LogP contribution in [-0.2, 0) is 31.1 Å². The number of hydrogen-bond acceptors (Lipinski definition) is 5. The van der Waals surface area contributed by atoms with Gasteiger partial charge in [-0.05, 0) is 53.2 Å². The Labute approximate surface area is 212 Å². The van der Waals surface area contributed by atoms with E-state index in [1.165, 1.54) is 16.8 Å². The molecule has 1 fully saturated rings. The second-order valence-corrected chi connectivity index (χ2v) is 9.65. The number of carbonyl (C=O) groups is 2. The van der Waals surface area contributed by atoms with E-state index in [0.717, 1.165) is 22.7 Å². The highest BCUT2D eigenvalue weighted by Gasteiger charge is 2.36. The fourth-order valence-corrected chi connectivity index (χ4v) is 4.94. The van der Waals surface area contributed by atoms with E-state index in [1.807, 2.05) is 0 Å². The second kappa shape index (κ2) is 9.14. The molecule has 0 N–H and O–H groups in total. The summed E-state index contributed by atoms with van der Waals surface area (Å²) in [6.07, 6.45) is 1.94.